The van der Waals surface area contributed by atoms with Gasteiger partial charge in [-0.15, -0.1) is 0 Å². The molecule has 0 spiro atoms. The Hall–Kier alpha value is -2.34. The van der Waals surface area contributed by atoms with Crippen molar-refractivity contribution in [2.24, 2.45) is 0 Å². The number of benzene rings is 2. The van der Waals surface area contributed by atoms with Crippen LogP contribution in [0.5, 0.6) is 0 Å². The molecule has 0 radical (unpaired) electrons. The average Bonchev–Trinajstić information content (AvgIpc) is 3.05. The molecule has 94 valence electrons. The topological polar surface area (TPSA) is 0 Å². The van der Waals surface area contributed by atoms with Gasteiger partial charge >= 0.3 is 0 Å². The Balaban J connectivity index is 1.71. The quantitative estimate of drug-likeness (QED) is 0.636. The van der Waals surface area contributed by atoms with E-state index in [1.165, 1.54) is 39.0 Å². The first-order valence-electron chi connectivity index (χ1n) is 7.22. The lowest BCUT2D eigenvalue weighted by Crippen LogP contribution is -2.02. The highest BCUT2D eigenvalue weighted by Crippen LogP contribution is 2.50. The van der Waals surface area contributed by atoms with Gasteiger partial charge in [0.25, 0.3) is 0 Å². The van der Waals surface area contributed by atoms with Crippen molar-refractivity contribution in [3.05, 3.63) is 94.1 Å². The third kappa shape index (κ3) is 1.21. The van der Waals surface area contributed by atoms with E-state index >= 15 is 0 Å². The summed E-state index contributed by atoms with van der Waals surface area (Å²) in [6, 6.07) is 17.6. The summed E-state index contributed by atoms with van der Waals surface area (Å²) in [5.74, 6) is 0.472. The second-order valence-corrected chi connectivity index (χ2v) is 5.79. The van der Waals surface area contributed by atoms with Gasteiger partial charge in [0.15, 0.2) is 0 Å². The van der Waals surface area contributed by atoms with Crippen LogP contribution in [0.15, 0.2) is 71.8 Å². The van der Waals surface area contributed by atoms with Crippen molar-refractivity contribution in [3.63, 3.8) is 0 Å². The molecule has 3 aliphatic carbocycles. The van der Waals surface area contributed by atoms with E-state index < -0.39 is 0 Å². The average molecular weight is 254 g/mol. The molecule has 0 bridgehead atoms. The Morgan fingerprint density at radius 3 is 2.75 bits per heavy atom. The molecular weight excluding hydrogens is 240 g/mol. The SMILES string of the molecule is C1=CC2C(=Cc3ccccc32)C2=C1c1ccccc1C2. The van der Waals surface area contributed by atoms with Crippen LogP contribution in [0.3, 0.4) is 0 Å². The van der Waals surface area contributed by atoms with Crippen molar-refractivity contribution in [2.75, 3.05) is 0 Å². The van der Waals surface area contributed by atoms with E-state index in [-0.39, 0.29) is 0 Å². The normalized spacial score (nSPS) is 21.2. The zero-order valence-electron chi connectivity index (χ0n) is 11.1. The molecule has 0 heteroatoms. The summed E-state index contributed by atoms with van der Waals surface area (Å²) in [5, 5.41) is 0. The molecule has 1 atom stereocenters. The Morgan fingerprint density at radius 2 is 1.75 bits per heavy atom. The van der Waals surface area contributed by atoms with E-state index in [9.17, 15) is 0 Å². The monoisotopic (exact) mass is 254 g/mol. The maximum atomic E-state index is 2.39. The van der Waals surface area contributed by atoms with Gasteiger partial charge < -0.3 is 0 Å². The highest BCUT2D eigenvalue weighted by Gasteiger charge is 2.32. The zero-order chi connectivity index (χ0) is 13.1. The van der Waals surface area contributed by atoms with Gasteiger partial charge in [-0.1, -0.05) is 66.8 Å². The van der Waals surface area contributed by atoms with Crippen LogP contribution < -0.4 is 0 Å². The first-order chi connectivity index (χ1) is 9.92. The van der Waals surface area contributed by atoms with Gasteiger partial charge in [-0.25, -0.2) is 0 Å². The maximum Gasteiger partial charge on any atom is 0.0282 e. The minimum atomic E-state index is 0.472. The summed E-state index contributed by atoms with van der Waals surface area (Å²) in [5.41, 5.74) is 10.2. The zero-order valence-corrected chi connectivity index (χ0v) is 11.1. The fourth-order valence-corrected chi connectivity index (χ4v) is 3.86. The van der Waals surface area contributed by atoms with E-state index in [0.29, 0.717) is 5.92 Å². The first kappa shape index (κ1) is 10.4. The molecule has 0 heterocycles. The lowest BCUT2D eigenvalue weighted by molar-refractivity contribution is 1.00. The largest absolute Gasteiger partial charge is 0.0720 e. The van der Waals surface area contributed by atoms with Crippen molar-refractivity contribution in [1.29, 1.82) is 0 Å². The molecule has 0 nitrogen and oxygen atoms in total. The van der Waals surface area contributed by atoms with Gasteiger partial charge in [-0.2, -0.15) is 0 Å². The molecule has 0 fully saturated rings. The van der Waals surface area contributed by atoms with Crippen LogP contribution >= 0.6 is 0 Å². The predicted molar refractivity (Wildman–Crippen MR) is 83.4 cm³/mol. The molecule has 0 saturated carbocycles. The van der Waals surface area contributed by atoms with Gasteiger partial charge in [0, 0.05) is 5.92 Å². The number of rotatable bonds is 0. The molecule has 2 aromatic rings. The molecule has 20 heavy (non-hydrogen) atoms. The van der Waals surface area contributed by atoms with Gasteiger partial charge in [0.2, 0.25) is 0 Å². The van der Waals surface area contributed by atoms with Crippen LogP contribution in [-0.2, 0) is 6.42 Å². The third-order valence-electron chi connectivity index (χ3n) is 4.78. The lowest BCUT2D eigenvalue weighted by atomic mass is 9.84. The maximum absolute atomic E-state index is 2.39. The second kappa shape index (κ2) is 3.61. The van der Waals surface area contributed by atoms with Crippen molar-refractivity contribution in [3.8, 4) is 0 Å². The van der Waals surface area contributed by atoms with Crippen LogP contribution in [0.2, 0.25) is 0 Å². The van der Waals surface area contributed by atoms with Crippen molar-refractivity contribution >= 4 is 11.6 Å². The van der Waals surface area contributed by atoms with Gasteiger partial charge in [0.1, 0.15) is 0 Å². The second-order valence-electron chi connectivity index (χ2n) is 5.79. The van der Waals surface area contributed by atoms with Gasteiger partial charge in [-0.3, -0.25) is 0 Å². The first-order valence-corrected chi connectivity index (χ1v) is 7.22. The van der Waals surface area contributed by atoms with E-state index in [1.807, 2.05) is 0 Å². The summed E-state index contributed by atoms with van der Waals surface area (Å²) in [6.07, 6.45) is 8.20. The fourth-order valence-electron chi connectivity index (χ4n) is 3.86. The molecule has 2 aromatic carbocycles. The number of allylic oxidation sites excluding steroid dienone is 5. The van der Waals surface area contributed by atoms with Crippen LogP contribution in [0.25, 0.3) is 11.6 Å². The summed E-state index contributed by atoms with van der Waals surface area (Å²) in [7, 11) is 0. The van der Waals surface area contributed by atoms with E-state index in [0.717, 1.165) is 6.42 Å². The summed E-state index contributed by atoms with van der Waals surface area (Å²) < 4.78 is 0. The fraction of sp³-hybridized carbons (Fsp3) is 0.100. The number of hydrogen-bond donors (Lipinski definition) is 0. The molecule has 0 N–H and O–H groups in total. The van der Waals surface area contributed by atoms with Crippen LogP contribution in [0.4, 0.5) is 0 Å². The Kier molecular flexibility index (Phi) is 1.88. The minimum absolute atomic E-state index is 0.472. The predicted octanol–water partition coefficient (Wildman–Crippen LogP) is 4.75. The lowest BCUT2D eigenvalue weighted by Gasteiger charge is -2.19. The summed E-state index contributed by atoms with van der Waals surface area (Å²) in [6.45, 7) is 0. The highest BCUT2D eigenvalue weighted by atomic mass is 14.4. The van der Waals surface area contributed by atoms with Crippen molar-refractivity contribution in [1.82, 2.24) is 0 Å². The van der Waals surface area contributed by atoms with E-state index in [4.69, 9.17) is 0 Å². The van der Waals surface area contributed by atoms with Crippen LogP contribution in [0, 0.1) is 0 Å². The molecule has 5 rings (SSSR count). The van der Waals surface area contributed by atoms with Crippen LogP contribution in [-0.4, -0.2) is 0 Å². The Morgan fingerprint density at radius 1 is 0.900 bits per heavy atom. The number of hydrogen-bond acceptors (Lipinski definition) is 0. The molecule has 0 aliphatic heterocycles. The smallest absolute Gasteiger partial charge is 0.0282 e. The molecule has 0 aromatic heterocycles. The van der Waals surface area contributed by atoms with Crippen molar-refractivity contribution < 1.29 is 0 Å². The Labute approximate surface area is 118 Å². The third-order valence-corrected chi connectivity index (χ3v) is 4.78. The molecule has 1 unspecified atom stereocenters. The summed E-state index contributed by atoms with van der Waals surface area (Å²) >= 11 is 0. The van der Waals surface area contributed by atoms with Crippen LogP contribution in [0.1, 0.15) is 28.2 Å². The standard InChI is InChI=1S/C20H14/c1-3-7-15-13(5-1)11-19-17(15)9-10-18-16-8-4-2-6-14(16)12-20(18)19/h1-11,17H,12H2. The van der Waals surface area contributed by atoms with Gasteiger partial charge in [-0.05, 0) is 45.4 Å². The minimum Gasteiger partial charge on any atom is -0.0720 e. The van der Waals surface area contributed by atoms with E-state index in [2.05, 4.69) is 66.8 Å². The van der Waals surface area contributed by atoms with Crippen molar-refractivity contribution in [2.45, 2.75) is 12.3 Å². The molecule has 0 saturated heterocycles. The van der Waals surface area contributed by atoms with E-state index in [1.54, 1.807) is 0 Å². The van der Waals surface area contributed by atoms with Gasteiger partial charge in [0.05, 0.1) is 0 Å². The molecule has 3 aliphatic rings. The molecule has 0 amide bonds. The molecular formula is C20H14. The number of fused-ring (bicyclic) bond motifs is 6. The Bertz CT molecular complexity index is 831. The summed E-state index contributed by atoms with van der Waals surface area (Å²) in [4.78, 5) is 0. The highest BCUT2D eigenvalue weighted by molar-refractivity contribution is 5.91.